The fraction of sp³-hybridized carbons (Fsp3) is 0.600. The van der Waals surface area contributed by atoms with Gasteiger partial charge in [-0.15, -0.1) is 0 Å². The van der Waals surface area contributed by atoms with E-state index in [1.54, 1.807) is 6.26 Å². The maximum absolute atomic E-state index is 9.81. The summed E-state index contributed by atoms with van der Waals surface area (Å²) < 4.78 is 5.43. The monoisotopic (exact) mass is 328 g/mol. The molecule has 0 amide bonds. The number of hydrogen-bond acceptors (Lipinski definition) is 4. The summed E-state index contributed by atoms with van der Waals surface area (Å²) in [5, 5.41) is 11.0. The van der Waals surface area contributed by atoms with Crippen LogP contribution in [0.5, 0.6) is 0 Å². The number of benzene rings is 1. The van der Waals surface area contributed by atoms with Crippen LogP contribution < -0.4 is 0 Å². The highest BCUT2D eigenvalue weighted by atomic mass is 16.3. The van der Waals surface area contributed by atoms with Crippen molar-refractivity contribution in [3.8, 4) is 0 Å². The molecule has 3 heterocycles. The molecule has 2 aliphatic rings. The van der Waals surface area contributed by atoms with E-state index in [4.69, 9.17) is 4.42 Å². The van der Waals surface area contributed by atoms with Gasteiger partial charge < -0.3 is 14.4 Å². The molecule has 2 fully saturated rings. The fourth-order valence-corrected chi connectivity index (χ4v) is 4.42. The van der Waals surface area contributed by atoms with Crippen LogP contribution in [0.4, 0.5) is 0 Å². The Morgan fingerprint density at radius 3 is 2.67 bits per heavy atom. The van der Waals surface area contributed by atoms with E-state index in [2.05, 4.69) is 28.0 Å². The van der Waals surface area contributed by atoms with Gasteiger partial charge in [0.2, 0.25) is 0 Å². The first-order valence-corrected chi connectivity index (χ1v) is 9.33. The predicted octanol–water partition coefficient (Wildman–Crippen LogP) is 2.96. The van der Waals surface area contributed by atoms with Crippen LogP contribution in [0, 0.1) is 11.8 Å². The van der Waals surface area contributed by atoms with Gasteiger partial charge in [-0.05, 0) is 61.5 Å². The number of aliphatic hydroxyl groups is 1. The van der Waals surface area contributed by atoms with Gasteiger partial charge in [0.1, 0.15) is 5.58 Å². The molecule has 0 bridgehead atoms. The lowest BCUT2D eigenvalue weighted by Gasteiger charge is -2.30. The van der Waals surface area contributed by atoms with Crippen molar-refractivity contribution in [2.45, 2.75) is 25.8 Å². The largest absolute Gasteiger partial charge is 0.464 e. The van der Waals surface area contributed by atoms with Crippen molar-refractivity contribution in [3.05, 3.63) is 36.1 Å². The Hall–Kier alpha value is -1.36. The molecule has 2 saturated heterocycles. The van der Waals surface area contributed by atoms with Gasteiger partial charge in [-0.25, -0.2) is 0 Å². The van der Waals surface area contributed by atoms with Crippen LogP contribution in [0.2, 0.25) is 0 Å². The first kappa shape index (κ1) is 16.1. The summed E-state index contributed by atoms with van der Waals surface area (Å²) in [5.74, 6) is 1.02. The van der Waals surface area contributed by atoms with Crippen molar-refractivity contribution < 1.29 is 9.52 Å². The summed E-state index contributed by atoms with van der Waals surface area (Å²) in [5.41, 5.74) is 2.29. The second-order valence-corrected chi connectivity index (χ2v) is 7.55. The molecule has 1 aromatic heterocycles. The lowest BCUT2D eigenvalue weighted by molar-refractivity contribution is 0.149. The van der Waals surface area contributed by atoms with Crippen molar-refractivity contribution in [1.82, 2.24) is 9.80 Å². The summed E-state index contributed by atoms with van der Waals surface area (Å²) in [6.45, 7) is 7.04. The maximum Gasteiger partial charge on any atom is 0.133 e. The molecule has 0 aliphatic carbocycles. The SMILES string of the molecule is OC[C@H]1CN(Cc2ccc3occc3c2)C[C@H]1CN1CCCCC1. The quantitative estimate of drug-likeness (QED) is 0.916. The molecule has 1 N–H and O–H groups in total. The predicted molar refractivity (Wildman–Crippen MR) is 95.8 cm³/mol. The highest BCUT2D eigenvalue weighted by Gasteiger charge is 2.33. The average molecular weight is 328 g/mol. The summed E-state index contributed by atoms with van der Waals surface area (Å²) in [7, 11) is 0. The Labute approximate surface area is 144 Å². The van der Waals surface area contributed by atoms with Crippen molar-refractivity contribution in [2.24, 2.45) is 11.8 Å². The van der Waals surface area contributed by atoms with Crippen molar-refractivity contribution in [1.29, 1.82) is 0 Å². The van der Waals surface area contributed by atoms with Crippen LogP contribution in [0.25, 0.3) is 11.0 Å². The zero-order valence-corrected chi connectivity index (χ0v) is 14.4. The Bertz CT molecular complexity index is 662. The fourth-order valence-electron chi connectivity index (χ4n) is 4.42. The van der Waals surface area contributed by atoms with Crippen molar-refractivity contribution in [2.75, 3.05) is 39.3 Å². The number of fused-ring (bicyclic) bond motifs is 1. The van der Waals surface area contributed by atoms with Gasteiger partial charge in [0.05, 0.1) is 6.26 Å². The Morgan fingerprint density at radius 2 is 1.83 bits per heavy atom. The molecule has 0 radical (unpaired) electrons. The van der Waals surface area contributed by atoms with E-state index in [9.17, 15) is 5.11 Å². The first-order valence-electron chi connectivity index (χ1n) is 9.33. The highest BCUT2D eigenvalue weighted by molar-refractivity contribution is 5.77. The van der Waals surface area contributed by atoms with Crippen LogP contribution in [0.3, 0.4) is 0 Å². The van der Waals surface area contributed by atoms with Gasteiger partial charge >= 0.3 is 0 Å². The lowest BCUT2D eigenvalue weighted by Crippen LogP contribution is -2.37. The zero-order valence-electron chi connectivity index (χ0n) is 14.4. The van der Waals surface area contributed by atoms with Crippen LogP contribution >= 0.6 is 0 Å². The molecule has 2 aromatic rings. The minimum atomic E-state index is 0.315. The van der Waals surface area contributed by atoms with Gasteiger partial charge in [0.25, 0.3) is 0 Å². The highest BCUT2D eigenvalue weighted by Crippen LogP contribution is 2.27. The molecule has 4 heteroatoms. The van der Waals surface area contributed by atoms with Crippen LogP contribution in [-0.4, -0.2) is 54.2 Å². The minimum absolute atomic E-state index is 0.315. The number of piperidine rings is 1. The summed E-state index contributed by atoms with van der Waals surface area (Å²) >= 11 is 0. The summed E-state index contributed by atoms with van der Waals surface area (Å²) in [6.07, 6.45) is 5.81. The molecular formula is C20H28N2O2. The van der Waals surface area contributed by atoms with Gasteiger partial charge in [-0.2, -0.15) is 0 Å². The summed E-state index contributed by atoms with van der Waals surface area (Å²) in [4.78, 5) is 5.12. The number of hydrogen-bond donors (Lipinski definition) is 1. The number of aliphatic hydroxyl groups excluding tert-OH is 1. The zero-order chi connectivity index (χ0) is 16.4. The number of nitrogens with zero attached hydrogens (tertiary/aromatic N) is 2. The van der Waals surface area contributed by atoms with E-state index in [1.165, 1.54) is 43.3 Å². The van der Waals surface area contributed by atoms with Gasteiger partial charge in [0.15, 0.2) is 0 Å². The third kappa shape index (κ3) is 3.51. The maximum atomic E-state index is 9.81. The molecule has 4 rings (SSSR count). The van der Waals surface area contributed by atoms with Gasteiger partial charge in [-0.3, -0.25) is 4.90 Å². The number of likely N-dealkylation sites (tertiary alicyclic amines) is 2. The van der Waals surface area contributed by atoms with Gasteiger partial charge in [-0.1, -0.05) is 12.5 Å². The normalized spacial score (nSPS) is 26.4. The Kier molecular flexibility index (Phi) is 4.88. The smallest absolute Gasteiger partial charge is 0.133 e. The van der Waals surface area contributed by atoms with Crippen LogP contribution in [0.1, 0.15) is 24.8 Å². The second-order valence-electron chi connectivity index (χ2n) is 7.55. The summed E-state index contributed by atoms with van der Waals surface area (Å²) in [6, 6.07) is 8.48. The third-order valence-corrected chi connectivity index (χ3v) is 5.75. The molecule has 2 atom stereocenters. The van der Waals surface area contributed by atoms with E-state index in [-0.39, 0.29) is 0 Å². The minimum Gasteiger partial charge on any atom is -0.464 e. The third-order valence-electron chi connectivity index (χ3n) is 5.75. The number of rotatable bonds is 5. The molecule has 2 aliphatic heterocycles. The van der Waals surface area contributed by atoms with E-state index in [1.807, 2.05) is 6.07 Å². The van der Waals surface area contributed by atoms with Crippen LogP contribution in [0.15, 0.2) is 34.9 Å². The first-order chi connectivity index (χ1) is 11.8. The molecule has 1 aromatic carbocycles. The van der Waals surface area contributed by atoms with E-state index in [0.717, 1.165) is 31.8 Å². The molecule has 130 valence electrons. The molecule has 0 saturated carbocycles. The molecule has 0 spiro atoms. The van der Waals surface area contributed by atoms with E-state index < -0.39 is 0 Å². The molecular weight excluding hydrogens is 300 g/mol. The average Bonchev–Trinajstić information content (AvgIpc) is 3.22. The van der Waals surface area contributed by atoms with Gasteiger partial charge in [0, 0.05) is 38.2 Å². The standard InChI is InChI=1S/C20H28N2O2/c23-15-19-14-22(13-18(19)12-21-7-2-1-3-8-21)11-16-4-5-20-17(10-16)6-9-24-20/h4-6,9-10,18-19,23H,1-3,7-8,11-15H2/t18-,19-/m1/s1. The molecule has 4 nitrogen and oxygen atoms in total. The van der Waals surface area contributed by atoms with Crippen molar-refractivity contribution in [3.63, 3.8) is 0 Å². The van der Waals surface area contributed by atoms with Crippen LogP contribution in [-0.2, 0) is 6.54 Å². The molecule has 24 heavy (non-hydrogen) atoms. The lowest BCUT2D eigenvalue weighted by atomic mass is 9.95. The second kappa shape index (κ2) is 7.26. The molecule has 0 unspecified atom stereocenters. The Balaban J connectivity index is 1.38. The van der Waals surface area contributed by atoms with E-state index >= 15 is 0 Å². The van der Waals surface area contributed by atoms with Crippen molar-refractivity contribution >= 4 is 11.0 Å². The topological polar surface area (TPSA) is 39.9 Å². The van der Waals surface area contributed by atoms with E-state index in [0.29, 0.717) is 18.4 Å². The number of furan rings is 1. The Morgan fingerprint density at radius 1 is 1.00 bits per heavy atom.